The number of aromatic nitrogens is 3. The van der Waals surface area contributed by atoms with E-state index in [1.165, 1.54) is 4.90 Å². The van der Waals surface area contributed by atoms with Gasteiger partial charge in [0.05, 0.1) is 31.5 Å². The van der Waals surface area contributed by atoms with E-state index >= 15 is 0 Å². The third kappa shape index (κ3) is 5.29. The molecule has 1 N–H and O–H groups in total. The van der Waals surface area contributed by atoms with Crippen LogP contribution < -0.4 is 5.32 Å². The molecule has 9 nitrogen and oxygen atoms in total. The summed E-state index contributed by atoms with van der Waals surface area (Å²) in [6, 6.07) is 1.64. The van der Waals surface area contributed by atoms with Crippen LogP contribution in [0.5, 0.6) is 0 Å². The van der Waals surface area contributed by atoms with E-state index in [0.29, 0.717) is 37.3 Å². The van der Waals surface area contributed by atoms with Gasteiger partial charge in [0.15, 0.2) is 5.82 Å². The maximum atomic E-state index is 12.5. The molecule has 148 valence electrons. The van der Waals surface area contributed by atoms with Crippen molar-refractivity contribution in [2.24, 2.45) is 11.8 Å². The van der Waals surface area contributed by atoms with Crippen LogP contribution in [0.25, 0.3) is 0 Å². The number of rotatable bonds is 7. The van der Waals surface area contributed by atoms with Crippen molar-refractivity contribution in [3.05, 3.63) is 29.2 Å². The highest BCUT2D eigenvalue weighted by Crippen LogP contribution is 2.20. The molecular formula is C18H27N5O4. The number of amides is 2. The van der Waals surface area contributed by atoms with Crippen molar-refractivity contribution in [1.82, 2.24) is 25.5 Å². The number of ether oxygens (including phenoxy) is 1. The van der Waals surface area contributed by atoms with Gasteiger partial charge in [-0.1, -0.05) is 24.2 Å². The minimum absolute atomic E-state index is 0.0767. The molecule has 2 aromatic heterocycles. The van der Waals surface area contributed by atoms with Gasteiger partial charge in [0.2, 0.25) is 5.89 Å². The lowest BCUT2D eigenvalue weighted by Crippen LogP contribution is -2.46. The fourth-order valence-corrected chi connectivity index (χ4v) is 3.07. The molecular weight excluding hydrogens is 350 g/mol. The molecule has 2 amide bonds. The van der Waals surface area contributed by atoms with Gasteiger partial charge in [0, 0.05) is 31.9 Å². The summed E-state index contributed by atoms with van der Waals surface area (Å²) in [4.78, 5) is 18.4. The fraction of sp³-hybridized carbons (Fsp3) is 0.667. The average molecular weight is 377 g/mol. The van der Waals surface area contributed by atoms with Crippen LogP contribution in [0.15, 0.2) is 15.1 Å². The Morgan fingerprint density at radius 1 is 1.33 bits per heavy atom. The highest BCUT2D eigenvalue weighted by Gasteiger charge is 2.31. The molecule has 0 bridgehead atoms. The van der Waals surface area contributed by atoms with E-state index in [4.69, 9.17) is 13.8 Å². The molecule has 1 aliphatic heterocycles. The zero-order chi connectivity index (χ0) is 19.4. The third-order valence-corrected chi connectivity index (χ3v) is 4.47. The molecule has 1 aliphatic rings. The van der Waals surface area contributed by atoms with E-state index < -0.39 is 0 Å². The van der Waals surface area contributed by atoms with Crippen molar-refractivity contribution in [2.45, 2.75) is 46.2 Å². The number of nitrogens with zero attached hydrogens (tertiary/aromatic N) is 4. The summed E-state index contributed by atoms with van der Waals surface area (Å²) in [5.41, 5.74) is 0.848. The van der Waals surface area contributed by atoms with Crippen LogP contribution >= 0.6 is 0 Å². The molecule has 0 radical (unpaired) electrons. The zero-order valence-electron chi connectivity index (χ0n) is 16.3. The number of urea groups is 1. The third-order valence-electron chi connectivity index (χ3n) is 4.47. The quantitative estimate of drug-likeness (QED) is 0.786. The van der Waals surface area contributed by atoms with Gasteiger partial charge < -0.3 is 24.0 Å². The lowest BCUT2D eigenvalue weighted by Gasteiger charge is -2.22. The van der Waals surface area contributed by atoms with Crippen molar-refractivity contribution in [2.75, 3.05) is 20.3 Å². The van der Waals surface area contributed by atoms with Crippen molar-refractivity contribution in [1.29, 1.82) is 0 Å². The molecule has 0 aliphatic carbocycles. The SMILES string of the molecule is Cc1cc(C[C@@H]2COC[C@@H]2NC(=O)N(C)Cc2noc(CC(C)C)n2)on1. The summed E-state index contributed by atoms with van der Waals surface area (Å²) in [6.45, 7) is 7.41. The Labute approximate surface area is 158 Å². The lowest BCUT2D eigenvalue weighted by molar-refractivity contribution is 0.177. The van der Waals surface area contributed by atoms with E-state index in [0.717, 1.165) is 17.9 Å². The first-order chi connectivity index (χ1) is 12.9. The van der Waals surface area contributed by atoms with Crippen molar-refractivity contribution < 1.29 is 18.6 Å². The maximum Gasteiger partial charge on any atom is 0.317 e. The smallest absolute Gasteiger partial charge is 0.317 e. The van der Waals surface area contributed by atoms with Crippen LogP contribution in [0.4, 0.5) is 4.79 Å². The summed E-state index contributed by atoms with van der Waals surface area (Å²) >= 11 is 0. The van der Waals surface area contributed by atoms with E-state index in [9.17, 15) is 4.79 Å². The van der Waals surface area contributed by atoms with Gasteiger partial charge in [-0.2, -0.15) is 4.98 Å². The Kier molecular flexibility index (Phi) is 6.10. The summed E-state index contributed by atoms with van der Waals surface area (Å²) in [6.07, 6.45) is 1.41. The summed E-state index contributed by atoms with van der Waals surface area (Å²) in [5, 5.41) is 10.9. The predicted molar refractivity (Wildman–Crippen MR) is 95.9 cm³/mol. The van der Waals surface area contributed by atoms with Crippen LogP contribution in [-0.2, 0) is 24.1 Å². The molecule has 0 aromatic carbocycles. The van der Waals surface area contributed by atoms with Gasteiger partial charge in [-0.25, -0.2) is 4.79 Å². The average Bonchev–Trinajstić information content (AvgIpc) is 3.31. The molecule has 0 saturated carbocycles. The van der Waals surface area contributed by atoms with Gasteiger partial charge in [-0.15, -0.1) is 0 Å². The Bertz CT molecular complexity index is 757. The number of carbonyl (C=O) groups is 1. The van der Waals surface area contributed by atoms with Crippen LogP contribution in [-0.4, -0.2) is 52.5 Å². The van der Waals surface area contributed by atoms with Gasteiger partial charge in [0.25, 0.3) is 0 Å². The Morgan fingerprint density at radius 3 is 2.85 bits per heavy atom. The maximum absolute atomic E-state index is 12.5. The van der Waals surface area contributed by atoms with Gasteiger partial charge >= 0.3 is 6.03 Å². The standard InChI is InChI=1S/C18H27N5O4/c1-11(2)5-17-20-16(22-27-17)8-23(4)18(24)19-15-10-25-9-13(15)7-14-6-12(3)21-26-14/h6,11,13,15H,5,7-10H2,1-4H3,(H,19,24)/t13-,15+/m1/s1. The second-order valence-electron chi connectivity index (χ2n) is 7.55. The first kappa shape index (κ1) is 19.3. The number of hydrogen-bond acceptors (Lipinski definition) is 7. The normalized spacial score (nSPS) is 19.6. The first-order valence-electron chi connectivity index (χ1n) is 9.23. The molecule has 2 atom stereocenters. The topological polar surface area (TPSA) is 107 Å². The van der Waals surface area contributed by atoms with Crippen molar-refractivity contribution in [3.8, 4) is 0 Å². The molecule has 2 aromatic rings. The highest BCUT2D eigenvalue weighted by atomic mass is 16.5. The Balaban J connectivity index is 1.51. The Hall–Kier alpha value is -2.42. The number of nitrogens with one attached hydrogen (secondary N) is 1. The number of hydrogen-bond donors (Lipinski definition) is 1. The van der Waals surface area contributed by atoms with E-state index in [1.807, 2.05) is 13.0 Å². The van der Waals surface area contributed by atoms with Crippen LogP contribution in [0.1, 0.15) is 37.0 Å². The highest BCUT2D eigenvalue weighted by molar-refractivity contribution is 5.74. The van der Waals surface area contributed by atoms with E-state index in [2.05, 4.69) is 34.5 Å². The number of carbonyl (C=O) groups excluding carboxylic acids is 1. The van der Waals surface area contributed by atoms with Gasteiger partial charge in [-0.3, -0.25) is 0 Å². The monoisotopic (exact) mass is 377 g/mol. The summed E-state index contributed by atoms with van der Waals surface area (Å²) in [5.74, 6) is 2.49. The van der Waals surface area contributed by atoms with Gasteiger partial charge in [0.1, 0.15) is 5.76 Å². The predicted octanol–water partition coefficient (Wildman–Crippen LogP) is 1.96. The molecule has 0 spiro atoms. The Morgan fingerprint density at radius 2 is 2.15 bits per heavy atom. The van der Waals surface area contributed by atoms with Crippen molar-refractivity contribution in [3.63, 3.8) is 0 Å². The molecule has 1 saturated heterocycles. The molecule has 0 unspecified atom stereocenters. The van der Waals surface area contributed by atoms with Crippen LogP contribution in [0.2, 0.25) is 0 Å². The van der Waals surface area contributed by atoms with E-state index in [1.54, 1.807) is 7.05 Å². The zero-order valence-corrected chi connectivity index (χ0v) is 16.3. The second kappa shape index (κ2) is 8.51. The van der Waals surface area contributed by atoms with Gasteiger partial charge in [-0.05, 0) is 12.8 Å². The van der Waals surface area contributed by atoms with Crippen molar-refractivity contribution >= 4 is 6.03 Å². The molecule has 3 rings (SSSR count). The fourth-order valence-electron chi connectivity index (χ4n) is 3.07. The van der Waals surface area contributed by atoms with Crippen LogP contribution in [0, 0.1) is 18.8 Å². The molecule has 9 heteroatoms. The summed E-state index contributed by atoms with van der Waals surface area (Å²) < 4.78 is 16.1. The molecule has 27 heavy (non-hydrogen) atoms. The van der Waals surface area contributed by atoms with Crippen LogP contribution in [0.3, 0.4) is 0 Å². The number of aryl methyl sites for hydroxylation is 1. The molecule has 1 fully saturated rings. The lowest BCUT2D eigenvalue weighted by atomic mass is 9.98. The molecule has 3 heterocycles. The first-order valence-corrected chi connectivity index (χ1v) is 9.23. The van der Waals surface area contributed by atoms with E-state index in [-0.39, 0.29) is 24.5 Å². The largest absolute Gasteiger partial charge is 0.379 e. The minimum atomic E-state index is -0.195. The summed E-state index contributed by atoms with van der Waals surface area (Å²) in [7, 11) is 1.71. The second-order valence-corrected chi connectivity index (χ2v) is 7.55. The minimum Gasteiger partial charge on any atom is -0.379 e.